The second-order valence-electron chi connectivity index (χ2n) is 9.61. The third kappa shape index (κ3) is 5.38. The largest absolute Gasteiger partial charge is 0.495 e. The Morgan fingerprint density at radius 1 is 1.30 bits per heavy atom. The van der Waals surface area contributed by atoms with Crippen LogP contribution in [0.25, 0.3) is 11.0 Å². The van der Waals surface area contributed by atoms with E-state index in [2.05, 4.69) is 25.6 Å². The smallest absolute Gasteiger partial charge is 0.422 e. The van der Waals surface area contributed by atoms with Gasteiger partial charge in [-0.1, -0.05) is 0 Å². The van der Waals surface area contributed by atoms with Gasteiger partial charge in [0.15, 0.2) is 0 Å². The van der Waals surface area contributed by atoms with Crippen LogP contribution in [0.15, 0.2) is 35.4 Å². The second-order valence-corrected chi connectivity index (χ2v) is 10.8. The number of H-pyrrole nitrogens is 1. The lowest BCUT2D eigenvalue weighted by atomic mass is 10.1. The molecule has 15 heteroatoms. The first-order valence-electron chi connectivity index (χ1n) is 12.2. The summed E-state index contributed by atoms with van der Waals surface area (Å²) in [5, 5.41) is 5.39. The van der Waals surface area contributed by atoms with Crippen LogP contribution in [0.4, 0.5) is 36.3 Å². The van der Waals surface area contributed by atoms with Crippen LogP contribution in [0.3, 0.4) is 0 Å². The summed E-state index contributed by atoms with van der Waals surface area (Å²) in [6.07, 6.45) is -1.37. The summed E-state index contributed by atoms with van der Waals surface area (Å²) in [5.41, 5.74) is 8.01. The molecule has 2 unspecified atom stereocenters. The summed E-state index contributed by atoms with van der Waals surface area (Å²) >= 11 is 0.370. The normalized spacial score (nSPS) is 18.7. The summed E-state index contributed by atoms with van der Waals surface area (Å²) in [5.74, 6) is -0.106. The van der Waals surface area contributed by atoms with Gasteiger partial charge in [0.2, 0.25) is 17.8 Å². The predicted octanol–water partition coefficient (Wildman–Crippen LogP) is 2.99. The Hall–Kier alpha value is -3.98. The minimum absolute atomic E-state index is 0.0415. The maximum atomic E-state index is 13.4. The van der Waals surface area contributed by atoms with E-state index in [-0.39, 0.29) is 24.2 Å². The van der Waals surface area contributed by atoms with E-state index in [1.165, 1.54) is 7.11 Å². The van der Waals surface area contributed by atoms with E-state index in [4.69, 9.17) is 10.5 Å². The lowest BCUT2D eigenvalue weighted by Gasteiger charge is -2.21. The number of likely N-dealkylation sites (N-methyl/N-ethyl adjacent to an activating group) is 1. The molecule has 0 fully saturated rings. The number of carbonyl (C=O) groups excluding carboxylic acids is 2. The number of nitrogens with two attached hydrogens (primary N) is 1. The number of methoxy groups -OCH3 is 1. The lowest BCUT2D eigenvalue weighted by molar-refractivity contribution is -0.119. The van der Waals surface area contributed by atoms with Crippen molar-refractivity contribution in [2.24, 2.45) is 5.73 Å². The van der Waals surface area contributed by atoms with Crippen molar-refractivity contribution < 1.29 is 27.5 Å². The summed E-state index contributed by atoms with van der Waals surface area (Å²) in [6.45, 7) is 0.799. The van der Waals surface area contributed by atoms with E-state index in [1.807, 2.05) is 20.2 Å². The number of nitrogens with zero attached hydrogens (tertiary/aromatic N) is 4. The van der Waals surface area contributed by atoms with Crippen LogP contribution in [0, 0.1) is 0 Å². The average Bonchev–Trinajstić information content (AvgIpc) is 3.61. The highest BCUT2D eigenvalue weighted by molar-refractivity contribution is 8.04. The number of hydrogen-bond donors (Lipinski definition) is 4. The van der Waals surface area contributed by atoms with Gasteiger partial charge in [-0.25, -0.2) is 0 Å². The minimum Gasteiger partial charge on any atom is -0.495 e. The van der Waals surface area contributed by atoms with E-state index in [9.17, 15) is 22.8 Å². The van der Waals surface area contributed by atoms with Gasteiger partial charge in [0.1, 0.15) is 22.5 Å². The van der Waals surface area contributed by atoms with E-state index in [0.29, 0.717) is 47.2 Å². The SMILES string of the molecule is COc1cc2c(cc1Nc1nc(NC3C=C(C(F)(F)F)SC3C(N)=O)c3cc[nH]c3n1)N(C(=O)CN(C)C)CC2. The number of hydrogen-bond acceptors (Lipinski definition) is 9. The number of carbonyl (C=O) groups is 2. The number of aromatic amines is 1. The molecule has 0 spiro atoms. The fraction of sp³-hybridized carbons (Fsp3) is 0.360. The topological polar surface area (TPSA) is 142 Å². The zero-order chi connectivity index (χ0) is 28.8. The van der Waals surface area contributed by atoms with Crippen molar-refractivity contribution in [3.8, 4) is 5.75 Å². The molecule has 0 saturated heterocycles. The highest BCUT2D eigenvalue weighted by atomic mass is 32.2. The third-order valence-electron chi connectivity index (χ3n) is 6.49. The highest BCUT2D eigenvalue weighted by Crippen LogP contribution is 2.44. The van der Waals surface area contributed by atoms with Crippen LogP contribution in [-0.2, 0) is 16.0 Å². The molecule has 0 saturated carbocycles. The highest BCUT2D eigenvalue weighted by Gasteiger charge is 2.44. The molecule has 5 rings (SSSR count). The van der Waals surface area contributed by atoms with Crippen LogP contribution < -0.4 is 26.0 Å². The van der Waals surface area contributed by atoms with Crippen molar-refractivity contribution in [2.75, 3.05) is 49.8 Å². The van der Waals surface area contributed by atoms with Gasteiger partial charge in [-0.05, 0) is 50.4 Å². The molecule has 0 bridgehead atoms. The van der Waals surface area contributed by atoms with Gasteiger partial charge in [0, 0.05) is 18.4 Å². The minimum atomic E-state index is -4.61. The zero-order valence-electron chi connectivity index (χ0n) is 21.8. The standard InChI is InChI=1S/C25H27F3N8O3S/c1-35(2)11-19(37)36-7-5-12-8-17(39-3)14(9-16(12)36)32-24-33-22-13(4-6-30-22)23(34-24)31-15-10-18(25(26,27)28)40-20(15)21(29)38/h4,6,8-10,15,20H,5,7,11H2,1-3H3,(H2,29,38)(H3,30,31,32,33,34). The Kier molecular flexibility index (Phi) is 7.27. The molecule has 0 aliphatic carbocycles. The molecule has 2 aromatic heterocycles. The van der Waals surface area contributed by atoms with Crippen LogP contribution in [0.5, 0.6) is 5.75 Å². The number of aromatic nitrogens is 3. The van der Waals surface area contributed by atoms with Gasteiger partial charge >= 0.3 is 6.18 Å². The number of primary amides is 1. The maximum Gasteiger partial charge on any atom is 0.422 e. The fourth-order valence-corrected chi connectivity index (χ4v) is 5.74. The molecule has 0 radical (unpaired) electrons. The van der Waals surface area contributed by atoms with Crippen molar-refractivity contribution in [2.45, 2.75) is 23.9 Å². The first kappa shape index (κ1) is 27.6. The Bertz CT molecular complexity index is 1510. The van der Waals surface area contributed by atoms with Crippen LogP contribution in [0.1, 0.15) is 5.56 Å². The number of anilines is 4. The van der Waals surface area contributed by atoms with Crippen molar-refractivity contribution >= 4 is 57.8 Å². The van der Waals surface area contributed by atoms with Gasteiger partial charge in [0.05, 0.1) is 35.7 Å². The lowest BCUT2D eigenvalue weighted by Crippen LogP contribution is -2.37. The molecule has 5 N–H and O–H groups in total. The molecule has 2 aliphatic heterocycles. The molecule has 2 aliphatic rings. The molecule has 2 atom stereocenters. The predicted molar refractivity (Wildman–Crippen MR) is 147 cm³/mol. The Morgan fingerprint density at radius 3 is 2.75 bits per heavy atom. The summed E-state index contributed by atoms with van der Waals surface area (Å²) in [4.78, 5) is 39.4. The van der Waals surface area contributed by atoms with Gasteiger partial charge in [-0.2, -0.15) is 23.1 Å². The molecule has 212 valence electrons. The van der Waals surface area contributed by atoms with Gasteiger partial charge < -0.3 is 35.9 Å². The van der Waals surface area contributed by atoms with Crippen molar-refractivity contribution in [1.82, 2.24) is 19.9 Å². The van der Waals surface area contributed by atoms with Gasteiger partial charge in [0.25, 0.3) is 0 Å². The van der Waals surface area contributed by atoms with E-state index < -0.39 is 28.3 Å². The van der Waals surface area contributed by atoms with Crippen molar-refractivity contribution in [3.05, 3.63) is 40.9 Å². The van der Waals surface area contributed by atoms with E-state index >= 15 is 0 Å². The van der Waals surface area contributed by atoms with Crippen LogP contribution >= 0.6 is 11.8 Å². The molecule has 2 amide bonds. The summed E-state index contributed by atoms with van der Waals surface area (Å²) in [7, 11) is 5.17. The van der Waals surface area contributed by atoms with Crippen LogP contribution in [0.2, 0.25) is 0 Å². The number of halogens is 3. The third-order valence-corrected chi connectivity index (χ3v) is 7.89. The molecule has 3 aromatic rings. The first-order valence-corrected chi connectivity index (χ1v) is 13.1. The Morgan fingerprint density at radius 2 is 2.08 bits per heavy atom. The summed E-state index contributed by atoms with van der Waals surface area (Å²) < 4.78 is 45.7. The fourth-order valence-electron chi connectivity index (χ4n) is 4.70. The number of rotatable bonds is 8. The van der Waals surface area contributed by atoms with Crippen LogP contribution in [-0.4, -0.2) is 83.4 Å². The first-order chi connectivity index (χ1) is 18.9. The number of alkyl halides is 3. The number of benzene rings is 1. The number of allylic oxidation sites excluding steroid dienone is 1. The molecule has 11 nitrogen and oxygen atoms in total. The molecule has 40 heavy (non-hydrogen) atoms. The number of amides is 2. The molecular weight excluding hydrogens is 549 g/mol. The summed E-state index contributed by atoms with van der Waals surface area (Å²) in [6, 6.07) is 4.26. The van der Waals surface area contributed by atoms with Gasteiger partial charge in [-0.3, -0.25) is 9.59 Å². The van der Waals surface area contributed by atoms with Crippen molar-refractivity contribution in [3.63, 3.8) is 0 Å². The number of thioether (sulfide) groups is 1. The van der Waals surface area contributed by atoms with E-state index in [1.54, 1.807) is 28.1 Å². The van der Waals surface area contributed by atoms with Gasteiger partial charge in [-0.15, -0.1) is 11.8 Å². The number of ether oxygens (including phenoxy) is 1. The molecular formula is C25H27F3N8O3S. The van der Waals surface area contributed by atoms with Crippen molar-refractivity contribution in [1.29, 1.82) is 0 Å². The average molecular weight is 577 g/mol. The quantitative estimate of drug-likeness (QED) is 0.318. The second kappa shape index (κ2) is 10.5. The monoisotopic (exact) mass is 576 g/mol. The number of fused-ring (bicyclic) bond motifs is 2. The van der Waals surface area contributed by atoms with E-state index in [0.717, 1.165) is 17.3 Å². The Balaban J connectivity index is 1.48. The maximum absolute atomic E-state index is 13.4. The number of nitrogens with one attached hydrogen (secondary N) is 3. The molecule has 4 heterocycles. The zero-order valence-corrected chi connectivity index (χ0v) is 22.6. The Labute approximate surface area is 231 Å². The molecule has 1 aromatic carbocycles.